The predicted molar refractivity (Wildman–Crippen MR) is 111 cm³/mol. The van der Waals surface area contributed by atoms with Gasteiger partial charge in [-0.05, 0) is 38.1 Å². The third kappa shape index (κ3) is 4.89. The van der Waals surface area contributed by atoms with Gasteiger partial charge in [0.05, 0.1) is 19.3 Å². The second-order valence-electron chi connectivity index (χ2n) is 6.56. The zero-order valence-electron chi connectivity index (χ0n) is 16.3. The third-order valence-electron chi connectivity index (χ3n) is 4.26. The number of aromatic nitrogens is 1. The van der Waals surface area contributed by atoms with E-state index in [1.165, 1.54) is 11.3 Å². The van der Waals surface area contributed by atoms with Crippen LogP contribution in [0.2, 0.25) is 0 Å². The van der Waals surface area contributed by atoms with E-state index in [1.54, 1.807) is 7.11 Å². The number of rotatable bonds is 8. The van der Waals surface area contributed by atoms with Crippen LogP contribution in [0.15, 0.2) is 60.0 Å². The molecule has 3 rings (SSSR count). The number of methoxy groups -OCH3 is 1. The average molecular weight is 397 g/mol. The van der Waals surface area contributed by atoms with Crippen LogP contribution in [0.3, 0.4) is 0 Å². The van der Waals surface area contributed by atoms with Crippen molar-refractivity contribution in [1.29, 1.82) is 0 Å². The summed E-state index contributed by atoms with van der Waals surface area (Å²) in [6, 6.07) is 16.9. The maximum absolute atomic E-state index is 12.8. The maximum atomic E-state index is 12.8. The summed E-state index contributed by atoms with van der Waals surface area (Å²) in [6.07, 6.45) is 0. The molecule has 0 aliphatic carbocycles. The highest BCUT2D eigenvalue weighted by molar-refractivity contribution is 7.09. The fraction of sp³-hybridized carbons (Fsp3) is 0.273. The number of carbonyl (C=O) groups is 1. The Morgan fingerprint density at radius 1 is 1.07 bits per heavy atom. The van der Waals surface area contributed by atoms with Gasteiger partial charge in [-0.1, -0.05) is 30.3 Å². The average Bonchev–Trinajstić information content (AvgIpc) is 3.18. The van der Waals surface area contributed by atoms with E-state index in [1.807, 2.05) is 78.7 Å². The number of hydrogen-bond acceptors (Lipinski definition) is 5. The molecule has 1 amide bonds. The third-order valence-corrected chi connectivity index (χ3v) is 5.13. The highest BCUT2D eigenvalue weighted by Gasteiger charge is 2.20. The minimum Gasteiger partial charge on any atom is -0.493 e. The van der Waals surface area contributed by atoms with Crippen LogP contribution < -0.4 is 9.47 Å². The number of benzene rings is 2. The summed E-state index contributed by atoms with van der Waals surface area (Å²) in [5, 5.41) is 2.84. The van der Waals surface area contributed by atoms with Crippen LogP contribution in [-0.4, -0.2) is 28.9 Å². The largest absolute Gasteiger partial charge is 0.493 e. The van der Waals surface area contributed by atoms with Gasteiger partial charge < -0.3 is 14.4 Å². The number of amides is 1. The predicted octanol–water partition coefficient (Wildman–Crippen LogP) is 4.78. The van der Waals surface area contributed by atoms with Crippen LogP contribution in [0, 0.1) is 0 Å². The normalized spacial score (nSPS) is 10.7. The van der Waals surface area contributed by atoms with Gasteiger partial charge >= 0.3 is 0 Å². The zero-order chi connectivity index (χ0) is 19.9. The number of hydrogen-bond donors (Lipinski definition) is 0. The quantitative estimate of drug-likeness (QED) is 0.550. The molecule has 3 aromatic rings. The Bertz CT molecular complexity index is 909. The first-order chi connectivity index (χ1) is 13.6. The SMILES string of the molecule is COc1ccccc1OCc1nc(CN(C(=O)c2ccccc2)C(C)C)cs1. The van der Waals surface area contributed by atoms with Crippen LogP contribution in [0.4, 0.5) is 0 Å². The molecular weight excluding hydrogens is 372 g/mol. The molecule has 0 fully saturated rings. The molecule has 0 spiro atoms. The molecule has 0 aliphatic heterocycles. The van der Waals surface area contributed by atoms with Crippen LogP contribution in [-0.2, 0) is 13.2 Å². The molecule has 0 radical (unpaired) electrons. The number of para-hydroxylation sites is 2. The summed E-state index contributed by atoms with van der Waals surface area (Å²) < 4.78 is 11.1. The van der Waals surface area contributed by atoms with E-state index >= 15 is 0 Å². The van der Waals surface area contributed by atoms with E-state index < -0.39 is 0 Å². The molecule has 146 valence electrons. The molecule has 1 aromatic heterocycles. The number of carbonyl (C=O) groups excluding carboxylic acids is 1. The smallest absolute Gasteiger partial charge is 0.254 e. The molecule has 0 saturated heterocycles. The minimum absolute atomic E-state index is 0.00965. The highest BCUT2D eigenvalue weighted by Crippen LogP contribution is 2.27. The molecule has 0 saturated carbocycles. The van der Waals surface area contributed by atoms with Crippen molar-refractivity contribution in [3.8, 4) is 11.5 Å². The fourth-order valence-electron chi connectivity index (χ4n) is 2.78. The van der Waals surface area contributed by atoms with Crippen molar-refractivity contribution >= 4 is 17.2 Å². The van der Waals surface area contributed by atoms with E-state index in [0.29, 0.717) is 30.2 Å². The van der Waals surface area contributed by atoms with Gasteiger partial charge in [0.1, 0.15) is 11.6 Å². The molecule has 5 nitrogen and oxygen atoms in total. The van der Waals surface area contributed by atoms with Crippen LogP contribution in [0.1, 0.15) is 34.9 Å². The molecule has 6 heteroatoms. The molecule has 1 heterocycles. The summed E-state index contributed by atoms with van der Waals surface area (Å²) in [4.78, 5) is 19.3. The maximum Gasteiger partial charge on any atom is 0.254 e. The van der Waals surface area contributed by atoms with E-state index in [0.717, 1.165) is 10.7 Å². The molecule has 0 N–H and O–H groups in total. The summed E-state index contributed by atoms with van der Waals surface area (Å²) in [6.45, 7) is 4.85. The standard InChI is InChI=1S/C22H24N2O3S/c1-16(2)24(22(25)17-9-5-4-6-10-17)13-18-15-28-21(23-18)14-27-20-12-8-7-11-19(20)26-3/h4-12,15-16H,13-14H2,1-3H3. The van der Waals surface area contributed by atoms with Crippen LogP contribution >= 0.6 is 11.3 Å². The van der Waals surface area contributed by atoms with Gasteiger partial charge in [0.15, 0.2) is 11.5 Å². The first-order valence-electron chi connectivity index (χ1n) is 9.13. The Labute approximate surface area is 169 Å². The summed E-state index contributed by atoms with van der Waals surface area (Å²) in [5.41, 5.74) is 1.55. The van der Waals surface area contributed by atoms with Crippen molar-refractivity contribution in [2.45, 2.75) is 33.0 Å². The number of thiazole rings is 1. The van der Waals surface area contributed by atoms with Gasteiger partial charge in [0.2, 0.25) is 0 Å². The monoisotopic (exact) mass is 396 g/mol. The molecular formula is C22H24N2O3S. The Kier molecular flexibility index (Phi) is 6.66. The van der Waals surface area contributed by atoms with Gasteiger partial charge in [0.25, 0.3) is 5.91 Å². The second kappa shape index (κ2) is 9.37. The van der Waals surface area contributed by atoms with Gasteiger partial charge in [-0.25, -0.2) is 4.98 Å². The van der Waals surface area contributed by atoms with E-state index in [2.05, 4.69) is 4.98 Å². The minimum atomic E-state index is 0.00965. The fourth-order valence-corrected chi connectivity index (χ4v) is 3.47. The summed E-state index contributed by atoms with van der Waals surface area (Å²) in [5.74, 6) is 1.39. The van der Waals surface area contributed by atoms with Crippen molar-refractivity contribution in [2.24, 2.45) is 0 Å². The molecule has 0 unspecified atom stereocenters. The highest BCUT2D eigenvalue weighted by atomic mass is 32.1. The number of ether oxygens (including phenoxy) is 2. The zero-order valence-corrected chi connectivity index (χ0v) is 17.1. The topological polar surface area (TPSA) is 51.7 Å². The Balaban J connectivity index is 1.66. The first kappa shape index (κ1) is 19.9. The number of nitrogens with zero attached hydrogens (tertiary/aromatic N) is 2. The van der Waals surface area contributed by atoms with Gasteiger partial charge in [0, 0.05) is 17.0 Å². The van der Waals surface area contributed by atoms with E-state index in [9.17, 15) is 4.79 Å². The van der Waals surface area contributed by atoms with Gasteiger partial charge in [-0.15, -0.1) is 11.3 Å². The molecule has 0 bridgehead atoms. The van der Waals surface area contributed by atoms with Crippen molar-refractivity contribution in [3.63, 3.8) is 0 Å². The van der Waals surface area contributed by atoms with Crippen molar-refractivity contribution < 1.29 is 14.3 Å². The molecule has 2 aromatic carbocycles. The molecule has 0 aliphatic rings. The van der Waals surface area contributed by atoms with Crippen LogP contribution in [0.5, 0.6) is 11.5 Å². The van der Waals surface area contributed by atoms with E-state index in [-0.39, 0.29) is 11.9 Å². The lowest BCUT2D eigenvalue weighted by molar-refractivity contribution is 0.0688. The van der Waals surface area contributed by atoms with Crippen molar-refractivity contribution in [1.82, 2.24) is 9.88 Å². The van der Waals surface area contributed by atoms with E-state index in [4.69, 9.17) is 9.47 Å². The summed E-state index contributed by atoms with van der Waals surface area (Å²) in [7, 11) is 1.62. The Morgan fingerprint density at radius 3 is 2.43 bits per heavy atom. The lowest BCUT2D eigenvalue weighted by Crippen LogP contribution is -2.36. The van der Waals surface area contributed by atoms with Crippen LogP contribution in [0.25, 0.3) is 0 Å². The second-order valence-corrected chi connectivity index (χ2v) is 7.51. The van der Waals surface area contributed by atoms with Crippen molar-refractivity contribution in [2.75, 3.05) is 7.11 Å². The van der Waals surface area contributed by atoms with Gasteiger partial charge in [-0.2, -0.15) is 0 Å². The lowest BCUT2D eigenvalue weighted by Gasteiger charge is -2.26. The first-order valence-corrected chi connectivity index (χ1v) is 10.0. The van der Waals surface area contributed by atoms with Gasteiger partial charge in [-0.3, -0.25) is 4.79 Å². The Morgan fingerprint density at radius 2 is 1.75 bits per heavy atom. The molecule has 0 atom stereocenters. The lowest BCUT2D eigenvalue weighted by atomic mass is 10.1. The summed E-state index contributed by atoms with van der Waals surface area (Å²) >= 11 is 1.53. The Hall–Kier alpha value is -2.86. The molecule has 28 heavy (non-hydrogen) atoms. The van der Waals surface area contributed by atoms with Crippen molar-refractivity contribution in [3.05, 3.63) is 76.2 Å².